The minimum atomic E-state index is -0.0540. The normalized spacial score (nSPS) is 23.1. The van der Waals surface area contributed by atoms with Crippen molar-refractivity contribution < 1.29 is 14.3 Å². The topological polar surface area (TPSA) is 56.3 Å². The van der Waals surface area contributed by atoms with Crippen molar-refractivity contribution in [2.45, 2.75) is 19.4 Å². The molecule has 0 spiro atoms. The van der Waals surface area contributed by atoms with Crippen molar-refractivity contribution in [1.82, 2.24) is 14.9 Å². The number of hydrogen-bond donors (Lipinski definition) is 0. The van der Waals surface area contributed by atoms with Crippen LogP contribution in [0.15, 0.2) is 24.3 Å². The van der Waals surface area contributed by atoms with Crippen molar-refractivity contribution in [1.29, 1.82) is 0 Å². The van der Waals surface area contributed by atoms with Gasteiger partial charge in [-0.05, 0) is 17.7 Å². The second-order valence-corrected chi connectivity index (χ2v) is 7.10. The van der Waals surface area contributed by atoms with Gasteiger partial charge in [0, 0.05) is 64.3 Å². The minimum absolute atomic E-state index is 0.0540. The lowest BCUT2D eigenvalue weighted by molar-refractivity contribution is -0.160. The number of amides is 2. The Morgan fingerprint density at radius 1 is 0.885 bits per heavy atom. The average Bonchev–Trinajstić information content (AvgIpc) is 3.02. The number of morpholine rings is 1. The van der Waals surface area contributed by atoms with E-state index in [0.717, 1.165) is 59.0 Å². The van der Waals surface area contributed by atoms with E-state index in [4.69, 9.17) is 4.74 Å². The molecule has 3 heterocycles. The Morgan fingerprint density at radius 2 is 1.58 bits per heavy atom. The Labute approximate surface area is 154 Å². The van der Waals surface area contributed by atoms with E-state index in [-0.39, 0.29) is 11.8 Å². The van der Waals surface area contributed by atoms with E-state index in [1.165, 1.54) is 16.3 Å². The van der Waals surface area contributed by atoms with Gasteiger partial charge in [0.1, 0.15) is 0 Å². The molecule has 4 rings (SSSR count). The van der Waals surface area contributed by atoms with Gasteiger partial charge >= 0.3 is 0 Å². The summed E-state index contributed by atoms with van der Waals surface area (Å²) in [7, 11) is 0. The SMILES string of the molecule is O=C1CCC(=O)N1N1CCN(Cc2cccc(N3CCOCC3)c2)CC1. The zero-order valence-electron chi connectivity index (χ0n) is 15.1. The first-order valence-corrected chi connectivity index (χ1v) is 9.45. The maximum Gasteiger partial charge on any atom is 0.244 e. The molecule has 7 heteroatoms. The molecular weight excluding hydrogens is 332 g/mol. The number of hydrogen-bond acceptors (Lipinski definition) is 6. The second kappa shape index (κ2) is 7.73. The fraction of sp³-hybridized carbons (Fsp3) is 0.579. The number of nitrogens with zero attached hydrogens (tertiary/aromatic N) is 4. The van der Waals surface area contributed by atoms with Crippen LogP contribution in [0.3, 0.4) is 0 Å². The molecular formula is C19H26N4O3. The van der Waals surface area contributed by atoms with Crippen LogP contribution in [-0.4, -0.2) is 79.2 Å². The van der Waals surface area contributed by atoms with E-state index in [9.17, 15) is 9.59 Å². The summed E-state index contributed by atoms with van der Waals surface area (Å²) in [5.41, 5.74) is 2.56. The molecule has 26 heavy (non-hydrogen) atoms. The number of ether oxygens (including phenoxy) is 1. The molecule has 3 saturated heterocycles. The number of benzene rings is 1. The quantitative estimate of drug-likeness (QED) is 0.739. The van der Waals surface area contributed by atoms with E-state index < -0.39 is 0 Å². The van der Waals surface area contributed by atoms with Crippen molar-refractivity contribution in [2.24, 2.45) is 0 Å². The maximum atomic E-state index is 11.9. The van der Waals surface area contributed by atoms with Crippen LogP contribution in [0.4, 0.5) is 5.69 Å². The van der Waals surface area contributed by atoms with Crippen LogP contribution >= 0.6 is 0 Å². The van der Waals surface area contributed by atoms with Gasteiger partial charge in [-0.2, -0.15) is 0 Å². The summed E-state index contributed by atoms with van der Waals surface area (Å²) in [6.45, 7) is 7.53. The van der Waals surface area contributed by atoms with Crippen LogP contribution in [0.25, 0.3) is 0 Å². The Morgan fingerprint density at radius 3 is 2.27 bits per heavy atom. The van der Waals surface area contributed by atoms with Crippen LogP contribution in [0.2, 0.25) is 0 Å². The molecule has 0 aromatic heterocycles. The summed E-state index contributed by atoms with van der Waals surface area (Å²) in [5, 5.41) is 3.29. The van der Waals surface area contributed by atoms with E-state index in [1.54, 1.807) is 0 Å². The molecule has 140 valence electrons. The van der Waals surface area contributed by atoms with Crippen molar-refractivity contribution in [3.63, 3.8) is 0 Å². The van der Waals surface area contributed by atoms with Crippen molar-refractivity contribution in [2.75, 3.05) is 57.4 Å². The summed E-state index contributed by atoms with van der Waals surface area (Å²) < 4.78 is 5.43. The molecule has 0 bridgehead atoms. The third-order valence-electron chi connectivity index (χ3n) is 5.35. The molecule has 3 aliphatic heterocycles. The average molecular weight is 358 g/mol. The standard InChI is InChI=1S/C19H26N4O3/c24-18-4-5-19(25)23(18)22-8-6-20(7-9-22)15-16-2-1-3-17(14-16)21-10-12-26-13-11-21/h1-3,14H,4-13,15H2. The molecule has 1 aromatic rings. The minimum Gasteiger partial charge on any atom is -0.378 e. The first kappa shape index (κ1) is 17.5. The van der Waals surface area contributed by atoms with E-state index in [1.807, 2.05) is 5.01 Å². The molecule has 0 N–H and O–H groups in total. The van der Waals surface area contributed by atoms with Gasteiger partial charge < -0.3 is 9.64 Å². The van der Waals surface area contributed by atoms with Gasteiger partial charge in [0.05, 0.1) is 13.2 Å². The van der Waals surface area contributed by atoms with Crippen LogP contribution in [0.1, 0.15) is 18.4 Å². The number of carbonyl (C=O) groups is 2. The molecule has 3 fully saturated rings. The highest BCUT2D eigenvalue weighted by atomic mass is 16.5. The number of piperazine rings is 1. The first-order valence-electron chi connectivity index (χ1n) is 9.45. The lowest BCUT2D eigenvalue weighted by Crippen LogP contribution is -2.55. The van der Waals surface area contributed by atoms with Gasteiger partial charge in [-0.25, -0.2) is 10.0 Å². The molecule has 0 radical (unpaired) electrons. The van der Waals surface area contributed by atoms with E-state index >= 15 is 0 Å². The molecule has 7 nitrogen and oxygen atoms in total. The third kappa shape index (κ3) is 3.75. The van der Waals surface area contributed by atoms with Gasteiger partial charge in [-0.1, -0.05) is 12.1 Å². The predicted molar refractivity (Wildman–Crippen MR) is 97.4 cm³/mol. The highest BCUT2D eigenvalue weighted by molar-refractivity contribution is 6.01. The van der Waals surface area contributed by atoms with Crippen LogP contribution in [0.5, 0.6) is 0 Å². The zero-order valence-corrected chi connectivity index (χ0v) is 15.1. The lowest BCUT2D eigenvalue weighted by Gasteiger charge is -2.38. The second-order valence-electron chi connectivity index (χ2n) is 7.10. The summed E-state index contributed by atoms with van der Waals surface area (Å²) in [5.74, 6) is -0.108. The molecule has 0 atom stereocenters. The molecule has 0 saturated carbocycles. The molecule has 0 unspecified atom stereocenters. The molecule has 3 aliphatic rings. The number of hydrazine groups is 1. The Bertz CT molecular complexity index is 651. The van der Waals surface area contributed by atoms with E-state index in [0.29, 0.717) is 12.8 Å². The monoisotopic (exact) mass is 358 g/mol. The fourth-order valence-corrected chi connectivity index (χ4v) is 3.91. The lowest BCUT2D eigenvalue weighted by atomic mass is 10.1. The Hall–Kier alpha value is -1.96. The molecule has 2 amide bonds. The Balaban J connectivity index is 1.33. The summed E-state index contributed by atoms with van der Waals surface area (Å²) >= 11 is 0. The highest BCUT2D eigenvalue weighted by Crippen LogP contribution is 2.20. The Kier molecular flexibility index (Phi) is 5.19. The first-order chi connectivity index (χ1) is 12.7. The maximum absolute atomic E-state index is 11.9. The van der Waals surface area contributed by atoms with Gasteiger partial charge in [-0.3, -0.25) is 14.5 Å². The summed E-state index contributed by atoms with van der Waals surface area (Å²) in [4.78, 5) is 28.5. The highest BCUT2D eigenvalue weighted by Gasteiger charge is 2.35. The number of imide groups is 1. The fourth-order valence-electron chi connectivity index (χ4n) is 3.91. The third-order valence-corrected chi connectivity index (χ3v) is 5.35. The zero-order chi connectivity index (χ0) is 17.9. The number of carbonyl (C=O) groups excluding carboxylic acids is 2. The van der Waals surface area contributed by atoms with Gasteiger partial charge in [0.2, 0.25) is 11.8 Å². The van der Waals surface area contributed by atoms with Crippen LogP contribution in [0, 0.1) is 0 Å². The molecule has 0 aliphatic carbocycles. The van der Waals surface area contributed by atoms with E-state index in [2.05, 4.69) is 34.1 Å². The predicted octanol–water partition coefficient (Wildman–Crippen LogP) is 0.705. The van der Waals surface area contributed by atoms with Gasteiger partial charge in [0.25, 0.3) is 0 Å². The van der Waals surface area contributed by atoms with Crippen molar-refractivity contribution in [3.05, 3.63) is 29.8 Å². The smallest absolute Gasteiger partial charge is 0.244 e. The van der Waals surface area contributed by atoms with Crippen molar-refractivity contribution >= 4 is 17.5 Å². The number of anilines is 1. The summed E-state index contributed by atoms with van der Waals surface area (Å²) in [6.07, 6.45) is 0.709. The van der Waals surface area contributed by atoms with Gasteiger partial charge in [-0.15, -0.1) is 0 Å². The summed E-state index contributed by atoms with van der Waals surface area (Å²) in [6, 6.07) is 8.73. The number of rotatable bonds is 4. The van der Waals surface area contributed by atoms with Crippen LogP contribution < -0.4 is 4.90 Å². The molecule has 1 aromatic carbocycles. The van der Waals surface area contributed by atoms with Crippen molar-refractivity contribution in [3.8, 4) is 0 Å². The van der Waals surface area contributed by atoms with Crippen LogP contribution in [-0.2, 0) is 20.9 Å². The largest absolute Gasteiger partial charge is 0.378 e. The van der Waals surface area contributed by atoms with Gasteiger partial charge in [0.15, 0.2) is 0 Å².